The third kappa shape index (κ3) is 4.95. The Kier molecular flexibility index (Phi) is 6.71. The van der Waals surface area contributed by atoms with Crippen LogP contribution in [0.25, 0.3) is 11.3 Å². The molecule has 0 atom stereocenters. The molecule has 7 nitrogen and oxygen atoms in total. The Hall–Kier alpha value is -4.14. The van der Waals surface area contributed by atoms with Crippen LogP contribution in [0, 0.1) is 23.0 Å². The van der Waals surface area contributed by atoms with Gasteiger partial charge in [0.1, 0.15) is 23.4 Å². The molecule has 0 bridgehead atoms. The second kappa shape index (κ2) is 10.2. The maximum atomic E-state index is 13.9. The van der Waals surface area contributed by atoms with Gasteiger partial charge in [0, 0.05) is 45.9 Å². The number of halogens is 2. The van der Waals surface area contributed by atoms with E-state index in [0.29, 0.717) is 40.5 Å². The monoisotopic (exact) mass is 520 g/mol. The number of anilines is 1. The molecular formula is C25H18F2N6OS2. The molecule has 0 saturated carbocycles. The number of aromatic amines is 1. The molecule has 0 unspecified atom stereocenters. The largest absolute Gasteiger partial charge is 0.458 e. The van der Waals surface area contributed by atoms with Gasteiger partial charge in [-0.15, -0.1) is 11.3 Å². The summed E-state index contributed by atoms with van der Waals surface area (Å²) in [5.41, 5.74) is 4.81. The minimum absolute atomic E-state index is 0.331. The van der Waals surface area contributed by atoms with Crippen molar-refractivity contribution < 1.29 is 13.5 Å². The summed E-state index contributed by atoms with van der Waals surface area (Å²) >= 11 is 2.84. The first kappa shape index (κ1) is 23.6. The number of hydrogen-bond donors (Lipinski definition) is 2. The average Bonchev–Trinajstić information content (AvgIpc) is 3.60. The molecule has 2 aromatic carbocycles. The highest BCUT2D eigenvalue weighted by Crippen LogP contribution is 2.35. The van der Waals surface area contributed by atoms with E-state index < -0.39 is 11.6 Å². The first-order chi connectivity index (χ1) is 17.5. The van der Waals surface area contributed by atoms with Crippen LogP contribution in [-0.2, 0) is 0 Å². The Morgan fingerprint density at radius 2 is 2.08 bits per heavy atom. The van der Waals surface area contributed by atoms with Crippen LogP contribution in [0.15, 0.2) is 76.4 Å². The summed E-state index contributed by atoms with van der Waals surface area (Å²) in [6, 6.07) is 11.3. The number of H-pyrrole nitrogens is 1. The number of allylic oxidation sites excluding steroid dienone is 2. The van der Waals surface area contributed by atoms with E-state index in [-0.39, 0.29) is 0 Å². The molecule has 1 aliphatic heterocycles. The lowest BCUT2D eigenvalue weighted by atomic mass is 9.99. The standard InChI is InChI=1S/C25H18F2N6OS2/c1-33-12-24(34-23-5-3-18(6-16(23)9-28)36-32-25-13-35-14-29-25)19(17-10-30-31-11-17)8-22(33)15-2-4-20(26)21(27)7-15/h2-8,10-11,13-14,32H,12H2,1H3,(H,30,31). The van der Waals surface area contributed by atoms with Gasteiger partial charge < -0.3 is 14.4 Å². The summed E-state index contributed by atoms with van der Waals surface area (Å²) < 4.78 is 36.8. The van der Waals surface area contributed by atoms with Crippen molar-refractivity contribution in [2.45, 2.75) is 4.90 Å². The molecule has 11 heteroatoms. The van der Waals surface area contributed by atoms with Crippen molar-refractivity contribution in [3.8, 4) is 11.8 Å². The van der Waals surface area contributed by atoms with Crippen molar-refractivity contribution >= 4 is 40.4 Å². The molecule has 180 valence electrons. The van der Waals surface area contributed by atoms with E-state index in [0.717, 1.165) is 22.3 Å². The van der Waals surface area contributed by atoms with Crippen LogP contribution < -0.4 is 9.46 Å². The number of thiazole rings is 1. The van der Waals surface area contributed by atoms with Crippen molar-refractivity contribution in [2.75, 3.05) is 18.3 Å². The van der Waals surface area contributed by atoms with Gasteiger partial charge in [-0.25, -0.2) is 13.8 Å². The maximum Gasteiger partial charge on any atom is 0.159 e. The lowest BCUT2D eigenvalue weighted by Gasteiger charge is -2.30. The molecule has 4 aromatic rings. The minimum atomic E-state index is -0.918. The number of likely N-dealkylation sites (N-methyl/N-ethyl adjacent to an activating group) is 1. The van der Waals surface area contributed by atoms with E-state index in [9.17, 15) is 14.0 Å². The summed E-state index contributed by atoms with van der Waals surface area (Å²) in [7, 11) is 1.83. The van der Waals surface area contributed by atoms with Gasteiger partial charge in [-0.2, -0.15) is 10.4 Å². The zero-order valence-electron chi connectivity index (χ0n) is 18.8. The number of ether oxygens (including phenoxy) is 1. The molecule has 0 aliphatic carbocycles. The van der Waals surface area contributed by atoms with Gasteiger partial charge >= 0.3 is 0 Å². The fraction of sp³-hybridized carbons (Fsp3) is 0.0800. The molecule has 0 saturated heterocycles. The normalized spacial score (nSPS) is 13.4. The average molecular weight is 521 g/mol. The number of aromatic nitrogens is 3. The smallest absolute Gasteiger partial charge is 0.159 e. The van der Waals surface area contributed by atoms with Gasteiger partial charge in [0.25, 0.3) is 0 Å². The van der Waals surface area contributed by atoms with Crippen molar-refractivity contribution in [2.24, 2.45) is 0 Å². The van der Waals surface area contributed by atoms with E-state index in [4.69, 9.17) is 4.74 Å². The fourth-order valence-corrected chi connectivity index (χ4v) is 4.86. The third-order valence-corrected chi connectivity index (χ3v) is 6.80. The second-order valence-corrected chi connectivity index (χ2v) is 9.39. The predicted molar refractivity (Wildman–Crippen MR) is 136 cm³/mol. The SMILES string of the molecule is CN1CC(Oc2ccc(SNc3cscn3)cc2C#N)=C(c2cn[nH]c2)C=C1c1ccc(F)c(F)c1. The van der Waals surface area contributed by atoms with Gasteiger partial charge in [-0.1, -0.05) is 0 Å². The quantitative estimate of drug-likeness (QED) is 0.293. The number of benzene rings is 2. The first-order valence-electron chi connectivity index (χ1n) is 10.7. The summed E-state index contributed by atoms with van der Waals surface area (Å²) in [4.78, 5) is 6.88. The predicted octanol–water partition coefficient (Wildman–Crippen LogP) is 5.91. The van der Waals surface area contributed by atoms with Crippen molar-refractivity contribution in [1.29, 1.82) is 5.26 Å². The second-order valence-electron chi connectivity index (χ2n) is 7.79. The molecule has 2 aromatic heterocycles. The van der Waals surface area contributed by atoms with E-state index in [1.165, 1.54) is 35.4 Å². The Morgan fingerprint density at radius 1 is 1.19 bits per heavy atom. The van der Waals surface area contributed by atoms with Gasteiger partial charge in [0.15, 0.2) is 11.6 Å². The molecule has 2 N–H and O–H groups in total. The zero-order valence-corrected chi connectivity index (χ0v) is 20.5. The number of hydrogen-bond acceptors (Lipinski definition) is 8. The molecule has 3 heterocycles. The number of nitrogens with zero attached hydrogens (tertiary/aromatic N) is 4. The molecule has 1 aliphatic rings. The molecular weight excluding hydrogens is 502 g/mol. The molecule has 36 heavy (non-hydrogen) atoms. The molecule has 0 spiro atoms. The lowest BCUT2D eigenvalue weighted by Crippen LogP contribution is -2.26. The topological polar surface area (TPSA) is 89.9 Å². The van der Waals surface area contributed by atoms with Crippen LogP contribution >= 0.6 is 23.3 Å². The zero-order chi connectivity index (χ0) is 25.1. The van der Waals surface area contributed by atoms with Gasteiger partial charge in [-0.3, -0.25) is 5.10 Å². The Bertz CT molecular complexity index is 1490. The highest BCUT2D eigenvalue weighted by molar-refractivity contribution is 8.00. The van der Waals surface area contributed by atoms with E-state index in [1.807, 2.05) is 29.5 Å². The van der Waals surface area contributed by atoms with Crippen LogP contribution in [0.1, 0.15) is 16.7 Å². The van der Waals surface area contributed by atoms with Crippen molar-refractivity contribution in [1.82, 2.24) is 20.1 Å². The Balaban J connectivity index is 1.48. The molecule has 0 amide bonds. The number of nitrogens with one attached hydrogen (secondary N) is 2. The van der Waals surface area contributed by atoms with Crippen LogP contribution in [-0.4, -0.2) is 33.7 Å². The third-order valence-electron chi connectivity index (χ3n) is 5.41. The fourth-order valence-electron chi connectivity index (χ4n) is 3.66. The first-order valence-corrected chi connectivity index (χ1v) is 12.4. The lowest BCUT2D eigenvalue weighted by molar-refractivity contribution is 0.360. The summed E-state index contributed by atoms with van der Waals surface area (Å²) in [6.07, 6.45) is 5.21. The van der Waals surface area contributed by atoms with E-state index in [2.05, 4.69) is 26.0 Å². The van der Waals surface area contributed by atoms with Gasteiger partial charge in [0.05, 0.1) is 23.8 Å². The van der Waals surface area contributed by atoms with Crippen LogP contribution in [0.5, 0.6) is 5.75 Å². The summed E-state index contributed by atoms with van der Waals surface area (Å²) in [5, 5.41) is 18.5. The van der Waals surface area contributed by atoms with Crippen LogP contribution in [0.2, 0.25) is 0 Å². The highest BCUT2D eigenvalue weighted by Gasteiger charge is 2.24. The maximum absolute atomic E-state index is 13.9. The minimum Gasteiger partial charge on any atom is -0.458 e. The van der Waals surface area contributed by atoms with Crippen LogP contribution in [0.4, 0.5) is 14.6 Å². The molecule has 0 fully saturated rings. The van der Waals surface area contributed by atoms with Crippen LogP contribution in [0.3, 0.4) is 0 Å². The van der Waals surface area contributed by atoms with Crippen molar-refractivity contribution in [3.63, 3.8) is 0 Å². The highest BCUT2D eigenvalue weighted by atomic mass is 32.2. The van der Waals surface area contributed by atoms with Crippen molar-refractivity contribution in [3.05, 3.63) is 99.8 Å². The number of nitriles is 1. The summed E-state index contributed by atoms with van der Waals surface area (Å²) in [5.74, 6) is -0.0848. The van der Waals surface area contributed by atoms with Gasteiger partial charge in [-0.05, 0) is 54.4 Å². The van der Waals surface area contributed by atoms with E-state index >= 15 is 0 Å². The van der Waals surface area contributed by atoms with E-state index in [1.54, 1.807) is 30.0 Å². The number of rotatable bonds is 7. The summed E-state index contributed by atoms with van der Waals surface area (Å²) in [6.45, 7) is 0.331. The van der Waals surface area contributed by atoms with Gasteiger partial charge in [0.2, 0.25) is 0 Å². The Morgan fingerprint density at radius 3 is 2.81 bits per heavy atom. The Labute approximate surface area is 213 Å². The molecule has 0 radical (unpaired) electrons. The molecule has 5 rings (SSSR count).